The molecule has 100 valence electrons. The van der Waals surface area contributed by atoms with Gasteiger partial charge in [-0.2, -0.15) is 0 Å². The van der Waals surface area contributed by atoms with Crippen LogP contribution in [0.3, 0.4) is 0 Å². The van der Waals surface area contributed by atoms with Crippen LogP contribution in [0.15, 0.2) is 34.8 Å². The first-order valence-electron chi connectivity index (χ1n) is 5.17. The molecule has 0 heterocycles. The van der Waals surface area contributed by atoms with Crippen molar-refractivity contribution in [3.63, 3.8) is 0 Å². The molecule has 0 amide bonds. The minimum atomic E-state index is -1.57. The van der Waals surface area contributed by atoms with Gasteiger partial charge in [-0.15, -0.1) is 0 Å². The second-order valence-corrected chi connectivity index (χ2v) is 5.24. The summed E-state index contributed by atoms with van der Waals surface area (Å²) in [6, 6.07) is 5.44. The largest absolute Gasteiger partial charge is 0.383 e. The summed E-state index contributed by atoms with van der Waals surface area (Å²) in [4.78, 5) is 0. The Morgan fingerprint density at radius 3 is 2.11 bits per heavy atom. The molecule has 0 aliphatic rings. The van der Waals surface area contributed by atoms with E-state index < -0.39 is 29.1 Å². The average molecular weight is 352 g/mol. The zero-order chi connectivity index (χ0) is 14.2. The van der Waals surface area contributed by atoms with Gasteiger partial charge in [0, 0.05) is 21.6 Å². The molecule has 0 bridgehead atoms. The summed E-state index contributed by atoms with van der Waals surface area (Å²) in [5.41, 5.74) is -0.417. The topological polar surface area (TPSA) is 20.2 Å². The molecule has 0 aromatic heterocycles. The fourth-order valence-electron chi connectivity index (χ4n) is 1.71. The maximum absolute atomic E-state index is 13.6. The van der Waals surface area contributed by atoms with Crippen molar-refractivity contribution >= 4 is 27.5 Å². The van der Waals surface area contributed by atoms with Crippen LogP contribution in [0.2, 0.25) is 5.02 Å². The first-order chi connectivity index (χ1) is 8.88. The van der Waals surface area contributed by atoms with E-state index >= 15 is 0 Å². The molecule has 0 saturated carbocycles. The Balaban J connectivity index is 2.52. The molecule has 2 rings (SSSR count). The highest BCUT2D eigenvalue weighted by atomic mass is 79.9. The molecule has 1 atom stereocenters. The van der Waals surface area contributed by atoms with Crippen LogP contribution < -0.4 is 0 Å². The second-order valence-electron chi connectivity index (χ2n) is 3.89. The maximum Gasteiger partial charge on any atom is 0.135 e. The van der Waals surface area contributed by atoms with Crippen LogP contribution >= 0.6 is 27.5 Å². The number of aliphatic hydroxyl groups is 1. The van der Waals surface area contributed by atoms with Crippen LogP contribution in [-0.2, 0) is 0 Å². The van der Waals surface area contributed by atoms with E-state index in [1.54, 1.807) is 6.07 Å². The number of benzene rings is 2. The van der Waals surface area contributed by atoms with Crippen LogP contribution in [0.5, 0.6) is 0 Å². The van der Waals surface area contributed by atoms with Gasteiger partial charge in [0.05, 0.1) is 5.56 Å². The summed E-state index contributed by atoms with van der Waals surface area (Å²) in [7, 11) is 0. The molecule has 0 radical (unpaired) electrons. The monoisotopic (exact) mass is 350 g/mol. The molecule has 2 aromatic carbocycles. The highest BCUT2D eigenvalue weighted by Crippen LogP contribution is 2.31. The number of rotatable bonds is 2. The van der Waals surface area contributed by atoms with Gasteiger partial charge in [-0.25, -0.2) is 13.2 Å². The number of hydrogen-bond acceptors (Lipinski definition) is 1. The first kappa shape index (κ1) is 14.4. The van der Waals surface area contributed by atoms with Crippen LogP contribution in [0.25, 0.3) is 0 Å². The van der Waals surface area contributed by atoms with Crippen molar-refractivity contribution in [2.24, 2.45) is 0 Å². The number of halogens is 5. The molecule has 0 aliphatic heterocycles. The molecule has 19 heavy (non-hydrogen) atoms. The van der Waals surface area contributed by atoms with Crippen molar-refractivity contribution in [2.45, 2.75) is 6.10 Å². The molecule has 0 aliphatic carbocycles. The van der Waals surface area contributed by atoms with E-state index in [9.17, 15) is 18.3 Å². The summed E-state index contributed by atoms with van der Waals surface area (Å²) >= 11 is 8.96. The molecule has 0 spiro atoms. The zero-order valence-electron chi connectivity index (χ0n) is 9.30. The first-order valence-corrected chi connectivity index (χ1v) is 6.34. The van der Waals surface area contributed by atoms with E-state index in [0.29, 0.717) is 21.6 Å². The Labute approximate surface area is 120 Å². The Kier molecular flexibility index (Phi) is 4.18. The van der Waals surface area contributed by atoms with Crippen molar-refractivity contribution in [2.75, 3.05) is 0 Å². The molecule has 0 saturated heterocycles. The summed E-state index contributed by atoms with van der Waals surface area (Å²) in [6.07, 6.45) is -1.57. The third kappa shape index (κ3) is 3.11. The predicted molar refractivity (Wildman–Crippen MR) is 69.5 cm³/mol. The molecular weight excluding hydrogens is 344 g/mol. The smallest absolute Gasteiger partial charge is 0.135 e. The summed E-state index contributed by atoms with van der Waals surface area (Å²) < 4.78 is 40.5. The Morgan fingerprint density at radius 1 is 1.00 bits per heavy atom. The van der Waals surface area contributed by atoms with Gasteiger partial charge in [-0.1, -0.05) is 27.5 Å². The molecule has 1 nitrogen and oxygen atoms in total. The van der Waals surface area contributed by atoms with Crippen molar-refractivity contribution in [3.8, 4) is 0 Å². The number of aliphatic hydroxyl groups excluding tert-OH is 1. The van der Waals surface area contributed by atoms with Crippen molar-refractivity contribution in [3.05, 3.63) is 68.4 Å². The van der Waals surface area contributed by atoms with Crippen LogP contribution in [-0.4, -0.2) is 5.11 Å². The van der Waals surface area contributed by atoms with Gasteiger partial charge in [0.25, 0.3) is 0 Å². The van der Waals surface area contributed by atoms with Gasteiger partial charge in [0.1, 0.15) is 23.6 Å². The van der Waals surface area contributed by atoms with Gasteiger partial charge in [-0.3, -0.25) is 0 Å². The van der Waals surface area contributed by atoms with Crippen LogP contribution in [0.4, 0.5) is 13.2 Å². The fraction of sp³-hybridized carbons (Fsp3) is 0.0769. The van der Waals surface area contributed by atoms with Gasteiger partial charge in [0.2, 0.25) is 0 Å². The normalized spacial score (nSPS) is 12.5. The maximum atomic E-state index is 13.6. The van der Waals surface area contributed by atoms with Crippen molar-refractivity contribution in [1.29, 1.82) is 0 Å². The quantitative estimate of drug-likeness (QED) is 0.838. The lowest BCUT2D eigenvalue weighted by atomic mass is 10.0. The van der Waals surface area contributed by atoms with Gasteiger partial charge >= 0.3 is 0 Å². The van der Waals surface area contributed by atoms with Crippen LogP contribution in [0.1, 0.15) is 17.2 Å². The second kappa shape index (κ2) is 5.53. The lowest BCUT2D eigenvalue weighted by Crippen LogP contribution is -2.06. The highest BCUT2D eigenvalue weighted by Gasteiger charge is 2.21. The molecule has 2 aromatic rings. The highest BCUT2D eigenvalue weighted by molar-refractivity contribution is 9.10. The van der Waals surface area contributed by atoms with Gasteiger partial charge < -0.3 is 5.11 Å². The third-order valence-corrected chi connectivity index (χ3v) is 3.19. The standard InChI is InChI=1S/C13H7BrClF3O/c14-7-1-6(2-8(15)3-7)13(19)12-10(17)4-9(16)5-11(12)18/h1-5,13,19H. The van der Waals surface area contributed by atoms with Crippen molar-refractivity contribution < 1.29 is 18.3 Å². The van der Waals surface area contributed by atoms with E-state index in [1.807, 2.05) is 0 Å². The van der Waals surface area contributed by atoms with Gasteiger partial charge in [0.15, 0.2) is 0 Å². The SMILES string of the molecule is OC(c1cc(Cl)cc(Br)c1)c1c(F)cc(F)cc1F. The van der Waals surface area contributed by atoms with E-state index in [4.69, 9.17) is 11.6 Å². The van der Waals surface area contributed by atoms with E-state index in [-0.39, 0.29) is 5.56 Å². The average Bonchev–Trinajstić information content (AvgIpc) is 2.25. The van der Waals surface area contributed by atoms with Crippen LogP contribution in [0, 0.1) is 17.5 Å². The molecule has 0 fully saturated rings. The summed E-state index contributed by atoms with van der Waals surface area (Å²) in [5, 5.41) is 10.3. The van der Waals surface area contributed by atoms with E-state index in [0.717, 1.165) is 0 Å². The Bertz CT molecular complexity index is 590. The fourth-order valence-corrected chi connectivity index (χ4v) is 2.60. The molecular formula is C13H7BrClF3O. The zero-order valence-corrected chi connectivity index (χ0v) is 11.6. The lowest BCUT2D eigenvalue weighted by molar-refractivity contribution is 0.208. The Hall–Kier alpha value is -1.04. The predicted octanol–water partition coefficient (Wildman–Crippen LogP) is 4.60. The van der Waals surface area contributed by atoms with Crippen molar-refractivity contribution in [1.82, 2.24) is 0 Å². The lowest BCUT2D eigenvalue weighted by Gasteiger charge is -2.14. The minimum absolute atomic E-state index is 0.198. The molecule has 1 N–H and O–H groups in total. The Morgan fingerprint density at radius 2 is 1.58 bits per heavy atom. The minimum Gasteiger partial charge on any atom is -0.383 e. The summed E-state index contributed by atoms with van der Waals surface area (Å²) in [5.74, 6) is -3.35. The summed E-state index contributed by atoms with van der Waals surface area (Å²) in [6.45, 7) is 0. The van der Waals surface area contributed by atoms with E-state index in [2.05, 4.69) is 15.9 Å². The molecule has 6 heteroatoms. The van der Waals surface area contributed by atoms with Gasteiger partial charge in [-0.05, 0) is 23.8 Å². The third-order valence-electron chi connectivity index (χ3n) is 2.52. The van der Waals surface area contributed by atoms with E-state index in [1.165, 1.54) is 12.1 Å². The number of hydrogen-bond donors (Lipinski definition) is 1. The molecule has 1 unspecified atom stereocenters.